The smallest absolute Gasteiger partial charge is 0.321 e. The number of urea groups is 1. The zero-order valence-electron chi connectivity index (χ0n) is 15.1. The lowest BCUT2D eigenvalue weighted by Gasteiger charge is -2.29. The molecule has 26 heavy (non-hydrogen) atoms. The number of aryl methyl sites for hydroxylation is 1. The third-order valence-corrected chi connectivity index (χ3v) is 5.69. The van der Waals surface area contributed by atoms with E-state index >= 15 is 0 Å². The summed E-state index contributed by atoms with van der Waals surface area (Å²) in [6.07, 6.45) is 4.43. The Morgan fingerprint density at radius 2 is 1.96 bits per heavy atom. The van der Waals surface area contributed by atoms with E-state index in [0.717, 1.165) is 35.2 Å². The van der Waals surface area contributed by atoms with Crippen LogP contribution in [0.2, 0.25) is 0 Å². The lowest BCUT2D eigenvalue weighted by molar-refractivity contribution is -0.117. The number of para-hydroxylation sites is 1. The minimum absolute atomic E-state index is 0.133. The number of imide groups is 1. The summed E-state index contributed by atoms with van der Waals surface area (Å²) < 4.78 is 0. The third kappa shape index (κ3) is 4.72. The van der Waals surface area contributed by atoms with Crippen molar-refractivity contribution in [1.82, 2.24) is 20.6 Å². The fourth-order valence-corrected chi connectivity index (χ4v) is 4.17. The number of rotatable bonds is 4. The lowest BCUT2D eigenvalue weighted by Crippen LogP contribution is -2.48. The van der Waals surface area contributed by atoms with Crippen molar-refractivity contribution in [2.45, 2.75) is 50.6 Å². The Bertz CT molecular complexity index is 811. The molecule has 7 heteroatoms. The summed E-state index contributed by atoms with van der Waals surface area (Å²) in [5.41, 5.74) is 0.854. The number of fused-ring (bicyclic) bond motifs is 1. The van der Waals surface area contributed by atoms with Gasteiger partial charge in [-0.15, -0.1) is 0 Å². The molecule has 1 aromatic heterocycles. The van der Waals surface area contributed by atoms with Crippen LogP contribution in [-0.4, -0.2) is 33.7 Å². The Morgan fingerprint density at radius 1 is 1.19 bits per heavy atom. The first-order chi connectivity index (χ1) is 12.5. The zero-order chi connectivity index (χ0) is 18.5. The Kier molecular flexibility index (Phi) is 6.08. The van der Waals surface area contributed by atoms with Gasteiger partial charge in [0, 0.05) is 11.4 Å². The molecular weight excluding hydrogens is 348 g/mol. The molecule has 3 rings (SSSR count). The van der Waals surface area contributed by atoms with Gasteiger partial charge in [-0.05, 0) is 31.7 Å². The Hall–Kier alpha value is -2.15. The number of amides is 3. The van der Waals surface area contributed by atoms with E-state index in [1.807, 2.05) is 31.2 Å². The number of hydrogen-bond acceptors (Lipinski definition) is 5. The van der Waals surface area contributed by atoms with E-state index in [-0.39, 0.29) is 17.7 Å². The zero-order valence-corrected chi connectivity index (χ0v) is 15.9. The van der Waals surface area contributed by atoms with Crippen LogP contribution in [0, 0.1) is 12.8 Å². The topological polar surface area (TPSA) is 84.0 Å². The van der Waals surface area contributed by atoms with Crippen LogP contribution >= 0.6 is 11.8 Å². The van der Waals surface area contributed by atoms with Crippen molar-refractivity contribution >= 4 is 34.6 Å². The van der Waals surface area contributed by atoms with Gasteiger partial charge in [0.05, 0.1) is 11.3 Å². The number of carbonyl (C=O) groups is 2. The van der Waals surface area contributed by atoms with Crippen molar-refractivity contribution < 1.29 is 9.59 Å². The first-order valence-corrected chi connectivity index (χ1v) is 9.98. The van der Waals surface area contributed by atoms with Crippen molar-refractivity contribution in [1.29, 1.82) is 0 Å². The fourth-order valence-electron chi connectivity index (χ4n) is 3.30. The number of nitrogens with one attached hydrogen (secondary N) is 2. The highest BCUT2D eigenvalue weighted by molar-refractivity contribution is 8.00. The second kappa shape index (κ2) is 8.49. The molecule has 2 atom stereocenters. The van der Waals surface area contributed by atoms with Crippen molar-refractivity contribution in [3.63, 3.8) is 0 Å². The molecule has 0 bridgehead atoms. The maximum Gasteiger partial charge on any atom is 0.321 e. The molecule has 0 spiro atoms. The molecule has 2 N–H and O–H groups in total. The summed E-state index contributed by atoms with van der Waals surface area (Å²) in [5.74, 6) is 0.926. The standard InChI is InChI=1S/C19H24N4O2S/c1-12-7-3-5-9-15(12)22-19(25)23-17(24)11-26-18-14-8-4-6-10-16(14)20-13(2)21-18/h4,6,8,10,12,15H,3,5,7,9,11H2,1-2H3,(H2,22,23,24,25)/t12-,15-/m1/s1. The van der Waals surface area contributed by atoms with Crippen LogP contribution in [0.4, 0.5) is 4.79 Å². The minimum atomic E-state index is -0.405. The Morgan fingerprint density at radius 3 is 2.77 bits per heavy atom. The molecule has 0 aliphatic heterocycles. The molecule has 0 radical (unpaired) electrons. The van der Waals surface area contributed by atoms with Crippen LogP contribution < -0.4 is 10.6 Å². The first kappa shape index (κ1) is 18.6. The van der Waals surface area contributed by atoms with Gasteiger partial charge in [-0.1, -0.05) is 49.7 Å². The lowest BCUT2D eigenvalue weighted by atomic mass is 9.86. The first-order valence-electron chi connectivity index (χ1n) is 8.99. The van der Waals surface area contributed by atoms with Crippen LogP contribution in [0.15, 0.2) is 29.3 Å². The summed E-state index contributed by atoms with van der Waals surface area (Å²) in [5, 5.41) is 7.03. The molecule has 1 aliphatic rings. The molecule has 1 aliphatic carbocycles. The van der Waals surface area contributed by atoms with Crippen molar-refractivity contribution in [3.8, 4) is 0 Å². The minimum Gasteiger partial charge on any atom is -0.335 e. The van der Waals surface area contributed by atoms with Gasteiger partial charge in [-0.2, -0.15) is 0 Å². The summed E-state index contributed by atoms with van der Waals surface area (Å²) >= 11 is 1.32. The van der Waals surface area contributed by atoms with Gasteiger partial charge in [0.2, 0.25) is 5.91 Å². The number of nitrogens with zero attached hydrogens (tertiary/aromatic N) is 2. The average Bonchev–Trinajstić information content (AvgIpc) is 2.61. The van der Waals surface area contributed by atoms with Gasteiger partial charge in [-0.3, -0.25) is 10.1 Å². The van der Waals surface area contributed by atoms with Crippen LogP contribution in [0.1, 0.15) is 38.4 Å². The largest absolute Gasteiger partial charge is 0.335 e. The number of benzene rings is 1. The Labute approximate surface area is 157 Å². The molecule has 2 aromatic rings. The van der Waals surface area contributed by atoms with Crippen LogP contribution in [0.5, 0.6) is 0 Å². The van der Waals surface area contributed by atoms with Crippen LogP contribution in [0.25, 0.3) is 10.9 Å². The quantitative estimate of drug-likeness (QED) is 0.634. The van der Waals surface area contributed by atoms with Gasteiger partial charge in [-0.25, -0.2) is 14.8 Å². The molecule has 0 unspecified atom stereocenters. The third-order valence-electron chi connectivity index (χ3n) is 4.70. The number of aromatic nitrogens is 2. The molecule has 3 amide bonds. The van der Waals surface area contributed by atoms with E-state index in [0.29, 0.717) is 11.7 Å². The van der Waals surface area contributed by atoms with Gasteiger partial charge in [0.25, 0.3) is 0 Å². The van der Waals surface area contributed by atoms with E-state index in [9.17, 15) is 9.59 Å². The summed E-state index contributed by atoms with van der Waals surface area (Å²) in [4.78, 5) is 33.0. The number of hydrogen-bond donors (Lipinski definition) is 2. The van der Waals surface area contributed by atoms with Crippen molar-refractivity contribution in [2.24, 2.45) is 5.92 Å². The normalized spacial score (nSPS) is 19.9. The highest BCUT2D eigenvalue weighted by Crippen LogP contribution is 2.25. The van der Waals surface area contributed by atoms with E-state index in [4.69, 9.17) is 0 Å². The van der Waals surface area contributed by atoms with Crippen LogP contribution in [0.3, 0.4) is 0 Å². The molecule has 138 valence electrons. The Balaban J connectivity index is 1.55. The van der Waals surface area contributed by atoms with Gasteiger partial charge in [0.15, 0.2) is 0 Å². The number of thioether (sulfide) groups is 1. The van der Waals surface area contributed by atoms with E-state index in [1.54, 1.807) is 0 Å². The molecule has 1 aromatic carbocycles. The predicted molar refractivity (Wildman–Crippen MR) is 103 cm³/mol. The van der Waals surface area contributed by atoms with Crippen LogP contribution in [-0.2, 0) is 4.79 Å². The summed E-state index contributed by atoms with van der Waals surface area (Å²) in [6, 6.07) is 7.45. The van der Waals surface area contributed by atoms with Crippen molar-refractivity contribution in [3.05, 3.63) is 30.1 Å². The molecule has 1 saturated carbocycles. The maximum absolute atomic E-state index is 12.1. The van der Waals surface area contributed by atoms with E-state index in [1.165, 1.54) is 18.2 Å². The summed E-state index contributed by atoms with van der Waals surface area (Å²) in [6.45, 7) is 3.97. The van der Waals surface area contributed by atoms with Gasteiger partial charge < -0.3 is 5.32 Å². The maximum atomic E-state index is 12.1. The van der Waals surface area contributed by atoms with E-state index < -0.39 is 6.03 Å². The van der Waals surface area contributed by atoms with E-state index in [2.05, 4.69) is 27.5 Å². The number of carbonyl (C=O) groups excluding carboxylic acids is 2. The SMILES string of the molecule is Cc1nc(SCC(=O)NC(=O)N[C@@H]2CCCC[C@H]2C)c2ccccc2n1. The second-order valence-electron chi connectivity index (χ2n) is 6.77. The molecule has 0 saturated heterocycles. The molecular formula is C19H24N4O2S. The fraction of sp³-hybridized carbons (Fsp3) is 0.474. The highest BCUT2D eigenvalue weighted by atomic mass is 32.2. The summed E-state index contributed by atoms with van der Waals surface area (Å²) in [7, 11) is 0. The van der Waals surface area contributed by atoms with Crippen molar-refractivity contribution in [2.75, 3.05) is 5.75 Å². The van der Waals surface area contributed by atoms with Gasteiger partial charge >= 0.3 is 6.03 Å². The molecule has 6 nitrogen and oxygen atoms in total. The predicted octanol–water partition coefficient (Wildman–Crippen LogP) is 3.43. The van der Waals surface area contributed by atoms with Gasteiger partial charge in [0.1, 0.15) is 10.9 Å². The average molecular weight is 372 g/mol. The molecule has 1 heterocycles. The second-order valence-corrected chi connectivity index (χ2v) is 7.74. The monoisotopic (exact) mass is 372 g/mol. The molecule has 1 fully saturated rings. The highest BCUT2D eigenvalue weighted by Gasteiger charge is 2.23.